The zero-order valence-corrected chi connectivity index (χ0v) is 23.6. The standard InChI is InChI=1S/C28H28ClF3N6O4/c1-27(2)41-15-20(42-27)14-40-25-33-11-18(12-34-25)35-26(39)38-19-7-4-8-37(13-19)22-10-21(29)23(36-24(22)38)16-5-3-6-17(9-16)28(30,31)32/h3,5-6,9-12,19-20H,4,7-8,13-15H2,1-2H3,(H,35,39)/t19-,20+/m0/s1. The van der Waals surface area contributed by atoms with E-state index in [9.17, 15) is 18.0 Å². The molecule has 0 aliphatic carbocycles. The highest BCUT2D eigenvalue weighted by atomic mass is 35.5. The summed E-state index contributed by atoms with van der Waals surface area (Å²) in [7, 11) is 0. The van der Waals surface area contributed by atoms with Crippen molar-refractivity contribution < 1.29 is 32.2 Å². The van der Waals surface area contributed by atoms with Crippen LogP contribution in [-0.4, -0.2) is 65.2 Å². The number of nitrogens with one attached hydrogen (secondary N) is 1. The number of benzene rings is 1. The number of hydrogen-bond acceptors (Lipinski definition) is 8. The number of rotatable bonds is 5. The van der Waals surface area contributed by atoms with E-state index in [2.05, 4.69) is 25.2 Å². The van der Waals surface area contributed by atoms with E-state index < -0.39 is 23.6 Å². The molecule has 14 heteroatoms. The highest BCUT2D eigenvalue weighted by Crippen LogP contribution is 2.43. The lowest BCUT2D eigenvalue weighted by molar-refractivity contribution is -0.141. The number of alkyl halides is 3. The molecule has 2 amide bonds. The third-order valence-corrected chi connectivity index (χ3v) is 7.58. The number of urea groups is 1. The Morgan fingerprint density at radius 3 is 2.74 bits per heavy atom. The second kappa shape index (κ2) is 10.9. The fraction of sp³-hybridized carbons (Fsp3) is 0.429. The van der Waals surface area contributed by atoms with Crippen molar-refractivity contribution in [2.45, 2.75) is 50.8 Å². The summed E-state index contributed by atoms with van der Waals surface area (Å²) in [5, 5.41) is 3.01. The predicted octanol–water partition coefficient (Wildman–Crippen LogP) is 5.76. The third-order valence-electron chi connectivity index (χ3n) is 7.29. The highest BCUT2D eigenvalue weighted by molar-refractivity contribution is 6.33. The maximum Gasteiger partial charge on any atom is 0.416 e. The van der Waals surface area contributed by atoms with Crippen molar-refractivity contribution >= 4 is 34.8 Å². The van der Waals surface area contributed by atoms with Crippen molar-refractivity contribution in [1.82, 2.24) is 15.0 Å². The second-order valence-electron chi connectivity index (χ2n) is 10.8. The Balaban J connectivity index is 1.23. The fourth-order valence-corrected chi connectivity index (χ4v) is 5.65. The van der Waals surface area contributed by atoms with E-state index in [0.717, 1.165) is 31.5 Å². The van der Waals surface area contributed by atoms with Crippen LogP contribution in [0.25, 0.3) is 11.3 Å². The first-order valence-corrected chi connectivity index (χ1v) is 13.8. The normalized spacial score (nSPS) is 21.2. The number of amides is 2. The molecule has 2 fully saturated rings. The van der Waals surface area contributed by atoms with E-state index in [1.54, 1.807) is 11.0 Å². The van der Waals surface area contributed by atoms with Crippen LogP contribution in [0.5, 0.6) is 6.01 Å². The average molecular weight is 605 g/mol. The van der Waals surface area contributed by atoms with Crippen LogP contribution in [0.2, 0.25) is 5.02 Å². The molecule has 3 aliphatic heterocycles. The number of fused-ring (bicyclic) bond motifs is 4. The quantitative estimate of drug-likeness (QED) is 0.392. The zero-order valence-electron chi connectivity index (χ0n) is 22.8. The Morgan fingerprint density at radius 2 is 2.02 bits per heavy atom. The Morgan fingerprint density at radius 1 is 1.24 bits per heavy atom. The number of hydrogen-bond donors (Lipinski definition) is 1. The minimum atomic E-state index is -4.52. The molecule has 1 N–H and O–H groups in total. The van der Waals surface area contributed by atoms with Crippen molar-refractivity contribution in [3.63, 3.8) is 0 Å². The van der Waals surface area contributed by atoms with Gasteiger partial charge in [-0.3, -0.25) is 4.90 Å². The molecule has 222 valence electrons. The topological polar surface area (TPSA) is 102 Å². The summed E-state index contributed by atoms with van der Waals surface area (Å²) in [6, 6.07) is 5.92. The summed E-state index contributed by atoms with van der Waals surface area (Å²) in [5.41, 5.74) is 0.520. The van der Waals surface area contributed by atoms with E-state index in [1.165, 1.54) is 24.5 Å². The molecule has 0 unspecified atom stereocenters. The number of nitrogens with zero attached hydrogens (tertiary/aromatic N) is 5. The summed E-state index contributed by atoms with van der Waals surface area (Å²) in [6.45, 7) is 5.58. The van der Waals surface area contributed by atoms with Gasteiger partial charge in [0.2, 0.25) is 0 Å². The van der Waals surface area contributed by atoms with Crippen LogP contribution >= 0.6 is 11.6 Å². The van der Waals surface area contributed by atoms with Crippen molar-refractivity contribution in [2.75, 3.05) is 41.4 Å². The summed E-state index contributed by atoms with van der Waals surface area (Å²) in [6.07, 6.45) is -0.333. The number of carbonyl (C=O) groups is 1. The molecule has 3 aliphatic rings. The van der Waals surface area contributed by atoms with Gasteiger partial charge in [-0.2, -0.15) is 13.2 Å². The maximum atomic E-state index is 13.7. The number of pyridine rings is 1. The lowest BCUT2D eigenvalue weighted by Crippen LogP contribution is -2.56. The summed E-state index contributed by atoms with van der Waals surface area (Å²) in [4.78, 5) is 30.3. The van der Waals surface area contributed by atoms with Gasteiger partial charge in [-0.05, 0) is 44.9 Å². The average Bonchev–Trinajstić information content (AvgIpc) is 3.31. The minimum absolute atomic E-state index is 0.120. The highest BCUT2D eigenvalue weighted by Gasteiger charge is 2.39. The van der Waals surface area contributed by atoms with Crippen molar-refractivity contribution in [3.05, 3.63) is 53.3 Å². The van der Waals surface area contributed by atoms with Crippen LogP contribution in [0.1, 0.15) is 32.3 Å². The second-order valence-corrected chi connectivity index (χ2v) is 11.2. The molecular formula is C28H28ClF3N6O4. The van der Waals surface area contributed by atoms with Gasteiger partial charge in [-0.1, -0.05) is 23.7 Å². The van der Waals surface area contributed by atoms with Gasteiger partial charge in [0, 0.05) is 18.7 Å². The first kappa shape index (κ1) is 28.4. The molecule has 1 aromatic carbocycles. The predicted molar refractivity (Wildman–Crippen MR) is 149 cm³/mol. The van der Waals surface area contributed by atoms with Crippen LogP contribution in [0.3, 0.4) is 0 Å². The molecule has 2 aromatic heterocycles. The largest absolute Gasteiger partial charge is 0.461 e. The Labute approximate surface area is 244 Å². The van der Waals surface area contributed by atoms with Gasteiger partial charge in [0.15, 0.2) is 11.6 Å². The SMILES string of the molecule is CC1(C)OC[C@@H](COc2ncc(NC(=O)N3c4nc(-c5cccc(C(F)(F)F)c5)c(Cl)cc4N4CCC[C@H]3C4)cn2)O1. The van der Waals surface area contributed by atoms with E-state index >= 15 is 0 Å². The van der Waals surface area contributed by atoms with E-state index in [4.69, 9.17) is 25.8 Å². The molecule has 2 bridgehead atoms. The van der Waals surface area contributed by atoms with Gasteiger partial charge in [0.25, 0.3) is 0 Å². The summed E-state index contributed by atoms with van der Waals surface area (Å²) >= 11 is 6.56. The van der Waals surface area contributed by atoms with E-state index in [1.807, 2.05) is 13.8 Å². The first-order chi connectivity index (χ1) is 20.0. The number of carbonyl (C=O) groups excluding carboxylic acids is 1. The Hall–Kier alpha value is -3.68. The van der Waals surface area contributed by atoms with Crippen molar-refractivity contribution in [1.29, 1.82) is 0 Å². The van der Waals surface area contributed by atoms with Crippen molar-refractivity contribution in [3.8, 4) is 17.3 Å². The molecule has 10 nitrogen and oxygen atoms in total. The van der Waals surface area contributed by atoms with Crippen LogP contribution in [0.4, 0.5) is 35.2 Å². The van der Waals surface area contributed by atoms with E-state index in [0.29, 0.717) is 30.3 Å². The molecule has 6 rings (SSSR count). The third kappa shape index (κ3) is 5.81. The first-order valence-electron chi connectivity index (χ1n) is 13.5. The van der Waals surface area contributed by atoms with Crippen LogP contribution in [0.15, 0.2) is 42.7 Å². The van der Waals surface area contributed by atoms with Gasteiger partial charge >= 0.3 is 18.2 Å². The number of piperidine rings is 1. The zero-order chi connectivity index (χ0) is 29.6. The lowest BCUT2D eigenvalue weighted by Gasteiger charge is -2.46. The lowest BCUT2D eigenvalue weighted by atomic mass is 9.99. The summed E-state index contributed by atoms with van der Waals surface area (Å²) in [5.74, 6) is -0.345. The molecule has 2 atom stereocenters. The molecule has 5 heterocycles. The van der Waals surface area contributed by atoms with Crippen LogP contribution < -0.4 is 19.9 Å². The molecule has 42 heavy (non-hydrogen) atoms. The smallest absolute Gasteiger partial charge is 0.416 e. The molecule has 3 aromatic rings. The number of aromatic nitrogens is 3. The van der Waals surface area contributed by atoms with Gasteiger partial charge in [-0.15, -0.1) is 0 Å². The minimum Gasteiger partial charge on any atom is -0.461 e. The van der Waals surface area contributed by atoms with Gasteiger partial charge in [-0.25, -0.2) is 19.7 Å². The molecule has 0 spiro atoms. The van der Waals surface area contributed by atoms with Gasteiger partial charge in [0.1, 0.15) is 12.7 Å². The Bertz CT molecular complexity index is 1490. The number of ether oxygens (including phenoxy) is 3. The Kier molecular flexibility index (Phi) is 7.36. The molecule has 0 saturated carbocycles. The van der Waals surface area contributed by atoms with Gasteiger partial charge in [0.05, 0.1) is 52.7 Å². The molecule has 0 radical (unpaired) electrons. The molecular weight excluding hydrogens is 577 g/mol. The monoisotopic (exact) mass is 604 g/mol. The maximum absolute atomic E-state index is 13.7. The van der Waals surface area contributed by atoms with Crippen LogP contribution in [0, 0.1) is 0 Å². The van der Waals surface area contributed by atoms with Crippen LogP contribution in [-0.2, 0) is 15.7 Å². The number of halogens is 4. The van der Waals surface area contributed by atoms with Gasteiger partial charge < -0.3 is 24.4 Å². The molecule has 2 saturated heterocycles. The van der Waals surface area contributed by atoms with E-state index in [-0.39, 0.29) is 41.0 Å². The number of anilines is 3. The van der Waals surface area contributed by atoms with Crippen molar-refractivity contribution in [2.24, 2.45) is 0 Å². The fourth-order valence-electron chi connectivity index (χ4n) is 5.40. The summed E-state index contributed by atoms with van der Waals surface area (Å²) < 4.78 is 57.0.